The Bertz CT molecular complexity index is 1040. The lowest BCUT2D eigenvalue weighted by Gasteiger charge is -2.13. The standard InChI is InChI=1S/C17H16BrN3O3S2/c1-11-10-25-17(19-11)20-13-4-3-5-14(9-13)21-26(22,23)16-8-12(18)6-7-15(16)24-2/h3-10,21H,1-2H3,(H,19,20). The number of sulfonamides is 1. The van der Waals surface area contributed by atoms with Crippen molar-refractivity contribution in [1.82, 2.24) is 4.98 Å². The van der Waals surface area contributed by atoms with Crippen LogP contribution >= 0.6 is 27.3 Å². The van der Waals surface area contributed by atoms with Crippen LogP contribution in [0, 0.1) is 6.92 Å². The summed E-state index contributed by atoms with van der Waals surface area (Å²) in [5.74, 6) is 0.272. The summed E-state index contributed by atoms with van der Waals surface area (Å²) in [6.07, 6.45) is 0. The fourth-order valence-electron chi connectivity index (χ4n) is 2.27. The number of hydrogen-bond donors (Lipinski definition) is 2. The highest BCUT2D eigenvalue weighted by molar-refractivity contribution is 9.10. The molecule has 6 nitrogen and oxygen atoms in total. The lowest BCUT2D eigenvalue weighted by molar-refractivity contribution is 0.403. The molecule has 1 heterocycles. The van der Waals surface area contributed by atoms with Crippen molar-refractivity contribution in [2.24, 2.45) is 0 Å². The number of nitrogens with one attached hydrogen (secondary N) is 2. The summed E-state index contributed by atoms with van der Waals surface area (Å²) in [5, 5.41) is 5.85. The van der Waals surface area contributed by atoms with E-state index in [0.29, 0.717) is 10.2 Å². The van der Waals surface area contributed by atoms with Gasteiger partial charge in [-0.3, -0.25) is 4.72 Å². The number of benzene rings is 2. The molecule has 0 radical (unpaired) electrons. The van der Waals surface area contributed by atoms with Crippen molar-refractivity contribution in [3.05, 3.63) is 58.0 Å². The summed E-state index contributed by atoms with van der Waals surface area (Å²) < 4.78 is 33.9. The molecule has 0 bridgehead atoms. The molecule has 9 heteroatoms. The third-order valence-electron chi connectivity index (χ3n) is 3.40. The molecule has 2 N–H and O–H groups in total. The first-order chi connectivity index (χ1) is 12.4. The Morgan fingerprint density at radius 2 is 1.92 bits per heavy atom. The van der Waals surface area contributed by atoms with Gasteiger partial charge in [0.1, 0.15) is 10.6 Å². The van der Waals surface area contributed by atoms with Crippen molar-refractivity contribution in [3.8, 4) is 5.75 Å². The van der Waals surface area contributed by atoms with Gasteiger partial charge < -0.3 is 10.1 Å². The van der Waals surface area contributed by atoms with Crippen molar-refractivity contribution in [1.29, 1.82) is 0 Å². The van der Waals surface area contributed by atoms with Crippen molar-refractivity contribution in [2.75, 3.05) is 17.1 Å². The van der Waals surface area contributed by atoms with Crippen molar-refractivity contribution in [3.63, 3.8) is 0 Å². The molecule has 1 aromatic heterocycles. The molecule has 26 heavy (non-hydrogen) atoms. The Kier molecular flexibility index (Phi) is 5.49. The number of rotatable bonds is 6. The summed E-state index contributed by atoms with van der Waals surface area (Å²) >= 11 is 4.77. The second kappa shape index (κ2) is 7.65. The van der Waals surface area contributed by atoms with Gasteiger partial charge in [-0.2, -0.15) is 0 Å². The number of nitrogens with zero attached hydrogens (tertiary/aromatic N) is 1. The van der Waals surface area contributed by atoms with Gasteiger partial charge >= 0.3 is 0 Å². The molecule has 0 aliphatic rings. The SMILES string of the molecule is COc1ccc(Br)cc1S(=O)(=O)Nc1cccc(Nc2nc(C)cs2)c1. The number of aromatic nitrogens is 1. The summed E-state index contributed by atoms with van der Waals surface area (Å²) in [4.78, 5) is 4.40. The Hall–Kier alpha value is -2.10. The minimum atomic E-state index is -3.81. The molecule has 3 aromatic rings. The highest BCUT2D eigenvalue weighted by atomic mass is 79.9. The Balaban J connectivity index is 1.86. The van der Waals surface area contributed by atoms with Crippen LogP contribution in [0.3, 0.4) is 0 Å². The summed E-state index contributed by atoms with van der Waals surface area (Å²) in [5.41, 5.74) is 2.10. The van der Waals surface area contributed by atoms with Gasteiger partial charge in [-0.15, -0.1) is 11.3 Å². The highest BCUT2D eigenvalue weighted by Gasteiger charge is 2.20. The number of halogens is 1. The topological polar surface area (TPSA) is 80.3 Å². The molecule has 0 saturated carbocycles. The van der Waals surface area contributed by atoms with Gasteiger partial charge in [-0.05, 0) is 43.3 Å². The zero-order valence-corrected chi connectivity index (χ0v) is 17.2. The quantitative estimate of drug-likeness (QED) is 0.561. The number of ether oxygens (including phenoxy) is 1. The number of methoxy groups -OCH3 is 1. The van der Waals surface area contributed by atoms with E-state index in [2.05, 4.69) is 31.0 Å². The van der Waals surface area contributed by atoms with Crippen molar-refractivity contribution < 1.29 is 13.2 Å². The van der Waals surface area contributed by atoms with E-state index in [1.54, 1.807) is 30.3 Å². The van der Waals surface area contributed by atoms with Crippen LogP contribution in [0.2, 0.25) is 0 Å². The monoisotopic (exact) mass is 453 g/mol. The first kappa shape index (κ1) is 18.7. The summed E-state index contributed by atoms with van der Waals surface area (Å²) in [6, 6.07) is 11.8. The molecule has 0 spiro atoms. The Labute approximate surface area is 164 Å². The van der Waals surface area contributed by atoms with Crippen LogP contribution in [-0.2, 0) is 10.0 Å². The van der Waals surface area contributed by atoms with Crippen LogP contribution in [0.25, 0.3) is 0 Å². The molecule has 0 amide bonds. The Morgan fingerprint density at radius 1 is 1.15 bits per heavy atom. The van der Waals surface area contributed by atoms with Crippen LogP contribution in [0.5, 0.6) is 5.75 Å². The summed E-state index contributed by atoms with van der Waals surface area (Å²) in [6.45, 7) is 1.91. The van der Waals surface area contributed by atoms with Crippen LogP contribution in [0.1, 0.15) is 5.69 Å². The van der Waals surface area contributed by atoms with Gasteiger partial charge in [-0.25, -0.2) is 13.4 Å². The first-order valence-electron chi connectivity index (χ1n) is 7.53. The second-order valence-corrected chi connectivity index (χ2v) is 8.83. The molecule has 0 saturated heterocycles. The van der Waals surface area contributed by atoms with Crippen LogP contribution in [-0.4, -0.2) is 20.5 Å². The second-order valence-electron chi connectivity index (χ2n) is 5.40. The van der Waals surface area contributed by atoms with Crippen molar-refractivity contribution in [2.45, 2.75) is 11.8 Å². The fraction of sp³-hybridized carbons (Fsp3) is 0.118. The number of aryl methyl sites for hydroxylation is 1. The normalized spacial score (nSPS) is 11.2. The van der Waals surface area contributed by atoms with E-state index in [0.717, 1.165) is 16.5 Å². The molecular formula is C17H16BrN3O3S2. The van der Waals surface area contributed by atoms with E-state index in [4.69, 9.17) is 4.74 Å². The highest BCUT2D eigenvalue weighted by Crippen LogP contribution is 2.30. The maximum atomic E-state index is 12.8. The molecule has 2 aromatic carbocycles. The molecule has 3 rings (SSSR count). The zero-order valence-electron chi connectivity index (χ0n) is 14.0. The largest absolute Gasteiger partial charge is 0.495 e. The van der Waals surface area contributed by atoms with Gasteiger partial charge in [0.25, 0.3) is 10.0 Å². The van der Waals surface area contributed by atoms with Crippen molar-refractivity contribution >= 4 is 53.8 Å². The minimum absolute atomic E-state index is 0.0586. The molecular weight excluding hydrogens is 438 g/mol. The van der Waals surface area contributed by atoms with Gasteiger partial charge in [0, 0.05) is 15.5 Å². The fourth-order valence-corrected chi connectivity index (χ4v) is 4.73. The van der Waals surface area contributed by atoms with Crippen LogP contribution in [0.15, 0.2) is 57.2 Å². The molecule has 0 aliphatic carbocycles. The average Bonchev–Trinajstić information content (AvgIpc) is 2.99. The van der Waals surface area contributed by atoms with E-state index in [1.807, 2.05) is 18.4 Å². The van der Waals surface area contributed by atoms with E-state index in [9.17, 15) is 8.42 Å². The molecule has 0 unspecified atom stereocenters. The van der Waals surface area contributed by atoms with Crippen LogP contribution in [0.4, 0.5) is 16.5 Å². The van der Waals surface area contributed by atoms with E-state index in [1.165, 1.54) is 24.5 Å². The van der Waals surface area contributed by atoms with E-state index < -0.39 is 10.0 Å². The minimum Gasteiger partial charge on any atom is -0.495 e. The predicted octanol–water partition coefficient (Wildman–Crippen LogP) is 4.77. The predicted molar refractivity (Wildman–Crippen MR) is 108 cm³/mol. The average molecular weight is 454 g/mol. The van der Waals surface area contributed by atoms with Gasteiger partial charge in [0.15, 0.2) is 5.13 Å². The third-order valence-corrected chi connectivity index (χ3v) is 6.17. The zero-order chi connectivity index (χ0) is 18.7. The van der Waals surface area contributed by atoms with E-state index >= 15 is 0 Å². The smallest absolute Gasteiger partial charge is 0.265 e. The lowest BCUT2D eigenvalue weighted by Crippen LogP contribution is -2.14. The first-order valence-corrected chi connectivity index (χ1v) is 10.7. The molecule has 0 atom stereocenters. The number of thiazole rings is 1. The maximum absolute atomic E-state index is 12.8. The van der Waals surface area contributed by atoms with Gasteiger partial charge in [-0.1, -0.05) is 22.0 Å². The molecule has 0 fully saturated rings. The van der Waals surface area contributed by atoms with E-state index in [-0.39, 0.29) is 10.6 Å². The Morgan fingerprint density at radius 3 is 2.62 bits per heavy atom. The van der Waals surface area contributed by atoms with Crippen LogP contribution < -0.4 is 14.8 Å². The number of anilines is 3. The third kappa shape index (κ3) is 4.35. The van der Waals surface area contributed by atoms with Gasteiger partial charge in [0.2, 0.25) is 0 Å². The summed E-state index contributed by atoms with van der Waals surface area (Å²) in [7, 11) is -2.38. The number of hydrogen-bond acceptors (Lipinski definition) is 6. The lowest BCUT2D eigenvalue weighted by atomic mass is 10.3. The molecule has 0 aliphatic heterocycles. The molecule has 136 valence electrons. The maximum Gasteiger partial charge on any atom is 0.265 e. The van der Waals surface area contributed by atoms with Gasteiger partial charge in [0.05, 0.1) is 18.5 Å².